The number of hydrogen-bond donors (Lipinski definition) is 2. The van der Waals surface area contributed by atoms with Gasteiger partial charge in [0.2, 0.25) is 5.90 Å². The quantitative estimate of drug-likeness (QED) is 0.196. The third-order valence-electron chi connectivity index (χ3n) is 3.95. The number of aromatic amines is 1. The molecular formula is C18H19Cl3FN3O4. The van der Waals surface area contributed by atoms with Gasteiger partial charge in [-0.05, 0) is 43.5 Å². The second kappa shape index (κ2) is 10.1. The molecule has 0 aliphatic heterocycles. The maximum absolute atomic E-state index is 13.9. The predicted octanol–water partition coefficient (Wildman–Crippen LogP) is 4.52. The molecule has 2 aromatic rings. The zero-order valence-corrected chi connectivity index (χ0v) is 17.9. The zero-order valence-electron chi connectivity index (χ0n) is 15.7. The smallest absolute Gasteiger partial charge is 0.337 e. The van der Waals surface area contributed by atoms with Crippen molar-refractivity contribution in [3.05, 3.63) is 46.5 Å². The van der Waals surface area contributed by atoms with Gasteiger partial charge in [-0.3, -0.25) is 10.5 Å². The van der Waals surface area contributed by atoms with Gasteiger partial charge in [0.1, 0.15) is 12.3 Å². The summed E-state index contributed by atoms with van der Waals surface area (Å²) in [6.07, 6.45) is 1.09. The molecule has 0 unspecified atom stereocenters. The molecule has 1 aromatic heterocycles. The topological polar surface area (TPSA) is 97.3 Å². The first-order valence-electron chi connectivity index (χ1n) is 8.45. The van der Waals surface area contributed by atoms with Crippen LogP contribution in [0.3, 0.4) is 0 Å². The fourth-order valence-electron chi connectivity index (χ4n) is 2.47. The zero-order chi connectivity index (χ0) is 21.6. The number of esters is 1. The summed E-state index contributed by atoms with van der Waals surface area (Å²) < 4.78 is 27.2. The van der Waals surface area contributed by atoms with Crippen LogP contribution in [0.25, 0.3) is 0 Å². The maximum atomic E-state index is 13.9. The molecule has 0 aliphatic rings. The number of nitrogens with zero attached hydrogens (tertiary/aromatic N) is 1. The lowest BCUT2D eigenvalue weighted by Gasteiger charge is -2.13. The van der Waals surface area contributed by atoms with Crippen molar-refractivity contribution in [2.45, 2.75) is 30.2 Å². The number of hydrogen-bond acceptors (Lipinski definition) is 6. The summed E-state index contributed by atoms with van der Waals surface area (Å²) >= 11 is 16.8. The average molecular weight is 467 g/mol. The number of ether oxygens (including phenoxy) is 3. The van der Waals surface area contributed by atoms with E-state index in [1.165, 1.54) is 19.2 Å². The SMILES string of the molecule is COC(=O)c1ccc(F)c(OCCCc2c(COC(=N)C(Cl)(Cl)Cl)n[nH]c2C)c1. The molecule has 7 nitrogen and oxygen atoms in total. The molecule has 0 amide bonds. The largest absolute Gasteiger partial charge is 0.490 e. The van der Waals surface area contributed by atoms with Gasteiger partial charge in [-0.2, -0.15) is 5.10 Å². The summed E-state index contributed by atoms with van der Waals surface area (Å²) in [6.45, 7) is 2.01. The molecule has 1 heterocycles. The lowest BCUT2D eigenvalue weighted by Crippen LogP contribution is -2.21. The lowest BCUT2D eigenvalue weighted by atomic mass is 10.1. The van der Waals surface area contributed by atoms with E-state index in [1.54, 1.807) is 0 Å². The summed E-state index contributed by atoms with van der Waals surface area (Å²) in [5, 5.41) is 14.5. The summed E-state index contributed by atoms with van der Waals surface area (Å²) in [7, 11) is 1.25. The minimum atomic E-state index is -1.94. The van der Waals surface area contributed by atoms with Gasteiger partial charge in [-0.1, -0.05) is 34.8 Å². The highest BCUT2D eigenvalue weighted by Gasteiger charge is 2.29. The standard InChI is InChI=1S/C18H19Cl3FN3O4/c1-10-12(14(25-24-10)9-29-17(23)18(19,20)21)4-3-7-28-15-8-11(16(26)27-2)5-6-13(15)22/h5-6,8,23H,3-4,7,9H2,1-2H3,(H,24,25). The second-order valence-corrected chi connectivity index (χ2v) is 8.26. The summed E-state index contributed by atoms with van der Waals surface area (Å²) in [6, 6.07) is 3.77. The third kappa shape index (κ3) is 6.48. The number of nitrogens with one attached hydrogen (secondary N) is 2. The summed E-state index contributed by atoms with van der Waals surface area (Å²) in [4.78, 5) is 11.5. The number of methoxy groups -OCH3 is 1. The molecular weight excluding hydrogens is 448 g/mol. The highest BCUT2D eigenvalue weighted by molar-refractivity contribution is 6.76. The monoisotopic (exact) mass is 465 g/mol. The van der Waals surface area contributed by atoms with Crippen LogP contribution in [0, 0.1) is 18.2 Å². The summed E-state index contributed by atoms with van der Waals surface area (Å²) in [5.41, 5.74) is 2.46. The van der Waals surface area contributed by atoms with Gasteiger partial charge in [-0.25, -0.2) is 9.18 Å². The van der Waals surface area contributed by atoms with E-state index in [-0.39, 0.29) is 24.5 Å². The molecule has 1 aromatic carbocycles. The van der Waals surface area contributed by atoms with Crippen LogP contribution in [0.5, 0.6) is 5.75 Å². The van der Waals surface area contributed by atoms with Crippen molar-refractivity contribution >= 4 is 46.7 Å². The minimum absolute atomic E-state index is 0.0310. The van der Waals surface area contributed by atoms with E-state index in [2.05, 4.69) is 14.9 Å². The molecule has 0 saturated heterocycles. The van der Waals surface area contributed by atoms with Crippen LogP contribution >= 0.6 is 34.8 Å². The van der Waals surface area contributed by atoms with Crippen molar-refractivity contribution in [1.82, 2.24) is 10.2 Å². The Morgan fingerprint density at radius 1 is 1.34 bits per heavy atom. The van der Waals surface area contributed by atoms with Crippen LogP contribution in [-0.2, 0) is 22.5 Å². The van der Waals surface area contributed by atoms with Gasteiger partial charge in [0.25, 0.3) is 3.79 Å². The Balaban J connectivity index is 1.92. The van der Waals surface area contributed by atoms with Gasteiger partial charge in [0, 0.05) is 5.69 Å². The Kier molecular flexibility index (Phi) is 8.13. The molecule has 2 N–H and O–H groups in total. The molecule has 0 aliphatic carbocycles. The first-order chi connectivity index (χ1) is 13.6. The number of carbonyl (C=O) groups is 1. The third-order valence-corrected chi connectivity index (χ3v) is 4.47. The number of H-pyrrole nitrogens is 1. The van der Waals surface area contributed by atoms with Gasteiger partial charge in [0.05, 0.1) is 19.3 Å². The fourth-order valence-corrected chi connectivity index (χ4v) is 2.63. The average Bonchev–Trinajstić information content (AvgIpc) is 3.02. The fraction of sp³-hybridized carbons (Fsp3) is 0.389. The van der Waals surface area contributed by atoms with Crippen molar-refractivity contribution in [1.29, 1.82) is 5.41 Å². The Labute approximate surface area is 181 Å². The molecule has 0 atom stereocenters. The predicted molar refractivity (Wildman–Crippen MR) is 108 cm³/mol. The van der Waals surface area contributed by atoms with Crippen LogP contribution in [0.4, 0.5) is 4.39 Å². The van der Waals surface area contributed by atoms with Crippen LogP contribution in [0.1, 0.15) is 33.7 Å². The van der Waals surface area contributed by atoms with E-state index >= 15 is 0 Å². The number of benzene rings is 1. The molecule has 29 heavy (non-hydrogen) atoms. The van der Waals surface area contributed by atoms with Gasteiger partial charge >= 0.3 is 5.97 Å². The molecule has 0 saturated carbocycles. The van der Waals surface area contributed by atoms with E-state index in [1.807, 2.05) is 6.92 Å². The highest BCUT2D eigenvalue weighted by Crippen LogP contribution is 2.28. The van der Waals surface area contributed by atoms with Crippen molar-refractivity contribution in [2.24, 2.45) is 0 Å². The Hall–Kier alpha value is -2.03. The molecule has 2 rings (SSSR count). The Morgan fingerprint density at radius 2 is 2.07 bits per heavy atom. The minimum Gasteiger partial charge on any atom is -0.490 e. The lowest BCUT2D eigenvalue weighted by molar-refractivity contribution is 0.0600. The van der Waals surface area contributed by atoms with Gasteiger partial charge in [-0.15, -0.1) is 0 Å². The Morgan fingerprint density at radius 3 is 2.72 bits per heavy atom. The molecule has 158 valence electrons. The molecule has 0 fully saturated rings. The highest BCUT2D eigenvalue weighted by atomic mass is 35.6. The van der Waals surface area contributed by atoms with Crippen molar-refractivity contribution in [3.63, 3.8) is 0 Å². The normalized spacial score (nSPS) is 11.2. The van der Waals surface area contributed by atoms with E-state index in [0.29, 0.717) is 18.5 Å². The molecule has 11 heteroatoms. The molecule has 0 bridgehead atoms. The first kappa shape index (κ1) is 23.3. The van der Waals surface area contributed by atoms with Crippen LogP contribution < -0.4 is 4.74 Å². The molecule has 0 radical (unpaired) electrons. The number of aromatic nitrogens is 2. The molecule has 0 spiro atoms. The second-order valence-electron chi connectivity index (χ2n) is 5.98. The van der Waals surface area contributed by atoms with Crippen molar-refractivity contribution in [2.75, 3.05) is 13.7 Å². The number of rotatable bonds is 8. The van der Waals surface area contributed by atoms with Gasteiger partial charge < -0.3 is 14.2 Å². The van der Waals surface area contributed by atoms with E-state index < -0.39 is 21.5 Å². The Bertz CT molecular complexity index is 884. The van der Waals surface area contributed by atoms with E-state index in [4.69, 9.17) is 49.7 Å². The number of aryl methyl sites for hydroxylation is 1. The van der Waals surface area contributed by atoms with Crippen molar-refractivity contribution < 1.29 is 23.4 Å². The van der Waals surface area contributed by atoms with Crippen molar-refractivity contribution in [3.8, 4) is 5.75 Å². The van der Waals surface area contributed by atoms with Crippen LogP contribution in [-0.4, -0.2) is 39.6 Å². The number of carbonyl (C=O) groups excluding carboxylic acids is 1. The number of alkyl halides is 3. The number of halogens is 4. The van der Waals surface area contributed by atoms with E-state index in [0.717, 1.165) is 17.3 Å². The van der Waals surface area contributed by atoms with Crippen LogP contribution in [0.15, 0.2) is 18.2 Å². The van der Waals surface area contributed by atoms with E-state index in [9.17, 15) is 9.18 Å². The van der Waals surface area contributed by atoms with Crippen LogP contribution in [0.2, 0.25) is 0 Å². The first-order valence-corrected chi connectivity index (χ1v) is 9.58. The van der Waals surface area contributed by atoms with Gasteiger partial charge in [0.15, 0.2) is 11.6 Å². The summed E-state index contributed by atoms with van der Waals surface area (Å²) in [5.74, 6) is -1.68. The maximum Gasteiger partial charge on any atom is 0.337 e.